The molecular formula is C15H23NO4S. The fourth-order valence-electron chi connectivity index (χ4n) is 2.09. The number of methoxy groups -OCH3 is 1. The van der Waals surface area contributed by atoms with Gasteiger partial charge in [-0.2, -0.15) is 4.72 Å². The monoisotopic (exact) mass is 313 g/mol. The third-order valence-electron chi connectivity index (χ3n) is 3.57. The molecule has 0 saturated carbocycles. The van der Waals surface area contributed by atoms with Gasteiger partial charge in [0.15, 0.2) is 0 Å². The molecule has 0 amide bonds. The molecule has 21 heavy (non-hydrogen) atoms. The van der Waals surface area contributed by atoms with Crippen LogP contribution in [0, 0.1) is 19.8 Å². The zero-order valence-corrected chi connectivity index (χ0v) is 14.0. The normalized spacial score (nSPS) is 14.5. The van der Waals surface area contributed by atoms with Crippen molar-refractivity contribution in [2.75, 3.05) is 7.11 Å². The predicted octanol–water partition coefficient (Wildman–Crippen LogP) is 2.17. The third-order valence-corrected chi connectivity index (χ3v) is 5.17. The van der Waals surface area contributed by atoms with Gasteiger partial charge in [0, 0.05) is 0 Å². The minimum atomic E-state index is -3.77. The molecule has 0 bridgehead atoms. The van der Waals surface area contributed by atoms with Gasteiger partial charge in [-0.15, -0.1) is 0 Å². The lowest BCUT2D eigenvalue weighted by atomic mass is 10.0. The van der Waals surface area contributed by atoms with Crippen molar-refractivity contribution in [3.63, 3.8) is 0 Å². The molecule has 6 heteroatoms. The number of carbonyl (C=O) groups is 1. The Bertz CT molecular complexity index is 610. The predicted molar refractivity (Wildman–Crippen MR) is 81.5 cm³/mol. The summed E-state index contributed by atoms with van der Waals surface area (Å²) < 4.78 is 32.2. The van der Waals surface area contributed by atoms with Crippen LogP contribution in [0.4, 0.5) is 0 Å². The molecule has 1 N–H and O–H groups in total. The molecule has 0 aliphatic heterocycles. The first-order valence-corrected chi connectivity index (χ1v) is 8.38. The van der Waals surface area contributed by atoms with E-state index in [0.717, 1.165) is 5.56 Å². The maximum absolute atomic E-state index is 12.5. The van der Waals surface area contributed by atoms with E-state index in [0.29, 0.717) is 12.0 Å². The number of hydrogen-bond donors (Lipinski definition) is 1. The number of ether oxygens (including phenoxy) is 1. The molecule has 0 saturated heterocycles. The molecule has 1 aromatic rings. The SMILES string of the molecule is CC[C@H](C)[C@@H](NS(=O)(=O)c1ccc(C)cc1C)C(=O)OC. The fourth-order valence-corrected chi connectivity index (χ4v) is 3.61. The largest absolute Gasteiger partial charge is 0.468 e. The first-order chi connectivity index (χ1) is 9.72. The number of esters is 1. The van der Waals surface area contributed by atoms with E-state index in [-0.39, 0.29) is 10.8 Å². The number of hydrogen-bond acceptors (Lipinski definition) is 4. The molecule has 0 aliphatic carbocycles. The van der Waals surface area contributed by atoms with E-state index in [1.807, 2.05) is 20.8 Å². The lowest BCUT2D eigenvalue weighted by Crippen LogP contribution is -2.45. The average Bonchev–Trinajstić information content (AvgIpc) is 2.42. The Labute approximate surface area is 126 Å². The van der Waals surface area contributed by atoms with Crippen molar-refractivity contribution in [1.29, 1.82) is 0 Å². The summed E-state index contributed by atoms with van der Waals surface area (Å²) >= 11 is 0. The molecule has 0 aliphatic rings. The van der Waals surface area contributed by atoms with Crippen molar-refractivity contribution in [3.8, 4) is 0 Å². The number of benzene rings is 1. The van der Waals surface area contributed by atoms with E-state index < -0.39 is 22.0 Å². The van der Waals surface area contributed by atoms with E-state index in [1.54, 1.807) is 25.1 Å². The van der Waals surface area contributed by atoms with Gasteiger partial charge >= 0.3 is 5.97 Å². The number of aryl methyl sites for hydroxylation is 2. The van der Waals surface area contributed by atoms with Crippen molar-refractivity contribution in [1.82, 2.24) is 4.72 Å². The van der Waals surface area contributed by atoms with Crippen LogP contribution in [-0.2, 0) is 19.6 Å². The van der Waals surface area contributed by atoms with Gasteiger partial charge in [-0.05, 0) is 31.4 Å². The second-order valence-corrected chi connectivity index (χ2v) is 6.96. The minimum Gasteiger partial charge on any atom is -0.468 e. The van der Waals surface area contributed by atoms with Crippen molar-refractivity contribution in [2.24, 2.45) is 5.92 Å². The molecule has 0 spiro atoms. The van der Waals surface area contributed by atoms with Gasteiger partial charge in [-0.1, -0.05) is 38.0 Å². The summed E-state index contributed by atoms with van der Waals surface area (Å²) in [4.78, 5) is 12.0. The Hall–Kier alpha value is -1.40. The van der Waals surface area contributed by atoms with E-state index >= 15 is 0 Å². The summed E-state index contributed by atoms with van der Waals surface area (Å²) in [7, 11) is -2.51. The maximum atomic E-state index is 12.5. The Balaban J connectivity index is 3.14. The first-order valence-electron chi connectivity index (χ1n) is 6.90. The van der Waals surface area contributed by atoms with Gasteiger partial charge in [-0.3, -0.25) is 4.79 Å². The fraction of sp³-hybridized carbons (Fsp3) is 0.533. The Morgan fingerprint density at radius 1 is 1.33 bits per heavy atom. The first kappa shape index (κ1) is 17.7. The molecule has 0 heterocycles. The highest BCUT2D eigenvalue weighted by atomic mass is 32.2. The van der Waals surface area contributed by atoms with Crippen LogP contribution >= 0.6 is 0 Å². The molecule has 118 valence electrons. The van der Waals surface area contributed by atoms with Gasteiger partial charge in [-0.25, -0.2) is 8.42 Å². The van der Waals surface area contributed by atoms with Gasteiger partial charge in [0.25, 0.3) is 0 Å². The van der Waals surface area contributed by atoms with Crippen LogP contribution in [0.3, 0.4) is 0 Å². The average molecular weight is 313 g/mol. The van der Waals surface area contributed by atoms with E-state index in [4.69, 9.17) is 4.74 Å². The Morgan fingerprint density at radius 3 is 2.43 bits per heavy atom. The summed E-state index contributed by atoms with van der Waals surface area (Å²) in [6, 6.07) is 4.20. The van der Waals surface area contributed by atoms with Gasteiger partial charge < -0.3 is 4.74 Å². The number of sulfonamides is 1. The molecule has 0 radical (unpaired) electrons. The molecule has 2 atom stereocenters. The standard InChI is InChI=1S/C15H23NO4S/c1-6-11(3)14(15(17)20-5)16-21(18,19)13-8-7-10(2)9-12(13)4/h7-9,11,14,16H,6H2,1-5H3/t11-,14+/m0/s1. The molecule has 5 nitrogen and oxygen atoms in total. The number of nitrogens with one attached hydrogen (secondary N) is 1. The topological polar surface area (TPSA) is 72.5 Å². The third kappa shape index (κ3) is 4.28. The van der Waals surface area contributed by atoms with Crippen molar-refractivity contribution in [3.05, 3.63) is 29.3 Å². The highest BCUT2D eigenvalue weighted by Gasteiger charge is 2.30. The summed E-state index contributed by atoms with van der Waals surface area (Å²) in [5.41, 5.74) is 1.63. The van der Waals surface area contributed by atoms with Crippen LogP contribution < -0.4 is 4.72 Å². The molecule has 0 aromatic heterocycles. The van der Waals surface area contributed by atoms with Crippen LogP contribution in [0.15, 0.2) is 23.1 Å². The van der Waals surface area contributed by atoms with Gasteiger partial charge in [0.1, 0.15) is 6.04 Å². The maximum Gasteiger partial charge on any atom is 0.324 e. The minimum absolute atomic E-state index is 0.155. The quantitative estimate of drug-likeness (QED) is 0.817. The van der Waals surface area contributed by atoms with E-state index in [9.17, 15) is 13.2 Å². The van der Waals surface area contributed by atoms with Gasteiger partial charge in [0.2, 0.25) is 10.0 Å². The summed E-state index contributed by atoms with van der Waals surface area (Å²) in [5.74, 6) is -0.726. The Morgan fingerprint density at radius 2 is 1.95 bits per heavy atom. The van der Waals surface area contributed by atoms with Crippen molar-refractivity contribution in [2.45, 2.75) is 45.1 Å². The van der Waals surface area contributed by atoms with Crippen molar-refractivity contribution >= 4 is 16.0 Å². The zero-order valence-electron chi connectivity index (χ0n) is 13.1. The molecule has 1 aromatic carbocycles. The van der Waals surface area contributed by atoms with E-state index in [2.05, 4.69) is 4.72 Å². The molecule has 1 rings (SSSR count). The zero-order chi connectivity index (χ0) is 16.2. The summed E-state index contributed by atoms with van der Waals surface area (Å²) in [6.45, 7) is 7.34. The lowest BCUT2D eigenvalue weighted by Gasteiger charge is -2.22. The summed E-state index contributed by atoms with van der Waals surface area (Å²) in [5, 5.41) is 0. The molecule has 0 unspecified atom stereocenters. The van der Waals surface area contributed by atoms with Crippen LogP contribution in [0.25, 0.3) is 0 Å². The van der Waals surface area contributed by atoms with Crippen LogP contribution in [0.1, 0.15) is 31.4 Å². The Kier molecular flexibility index (Phi) is 5.92. The highest BCUT2D eigenvalue weighted by Crippen LogP contribution is 2.19. The number of carbonyl (C=O) groups excluding carboxylic acids is 1. The van der Waals surface area contributed by atoms with Crippen LogP contribution in [0.2, 0.25) is 0 Å². The molecule has 0 fully saturated rings. The van der Waals surface area contributed by atoms with Gasteiger partial charge in [0.05, 0.1) is 12.0 Å². The highest BCUT2D eigenvalue weighted by molar-refractivity contribution is 7.89. The van der Waals surface area contributed by atoms with E-state index in [1.165, 1.54) is 7.11 Å². The van der Waals surface area contributed by atoms with Crippen molar-refractivity contribution < 1.29 is 17.9 Å². The van der Waals surface area contributed by atoms with Crippen LogP contribution in [0.5, 0.6) is 0 Å². The summed E-state index contributed by atoms with van der Waals surface area (Å²) in [6.07, 6.45) is 0.662. The molecular weight excluding hydrogens is 290 g/mol. The second-order valence-electron chi connectivity index (χ2n) is 5.28. The second kappa shape index (κ2) is 7.04. The van der Waals surface area contributed by atoms with Crippen LogP contribution in [-0.4, -0.2) is 27.5 Å². The number of rotatable bonds is 6. The smallest absolute Gasteiger partial charge is 0.324 e. The lowest BCUT2D eigenvalue weighted by molar-refractivity contribution is -0.143.